The molecule has 8 heteroatoms. The second kappa shape index (κ2) is 9.96. The highest BCUT2D eigenvalue weighted by atomic mass is 16.6. The van der Waals surface area contributed by atoms with Gasteiger partial charge in [0.2, 0.25) is 0 Å². The van der Waals surface area contributed by atoms with Crippen LogP contribution < -0.4 is 18.9 Å². The van der Waals surface area contributed by atoms with Crippen molar-refractivity contribution >= 4 is 10.8 Å². The van der Waals surface area contributed by atoms with E-state index in [0.717, 1.165) is 22.0 Å². The maximum absolute atomic E-state index is 8.11. The second-order valence-electron chi connectivity index (χ2n) is 5.63. The fourth-order valence-electron chi connectivity index (χ4n) is 2.88. The third kappa shape index (κ3) is 4.59. The minimum Gasteiger partial charge on any atom is -0.493 e. The van der Waals surface area contributed by atoms with Crippen LogP contribution in [0.25, 0.3) is 10.8 Å². The summed E-state index contributed by atoms with van der Waals surface area (Å²) in [6.07, 6.45) is 2.48. The summed E-state index contributed by atoms with van der Waals surface area (Å²) in [5, 5.41) is 9.98. The molecule has 0 spiro atoms. The monoisotopic (exact) mass is 386 g/mol. The van der Waals surface area contributed by atoms with Crippen molar-refractivity contribution in [2.75, 3.05) is 28.4 Å². The molecule has 0 saturated carbocycles. The molecular weight excluding hydrogens is 364 g/mol. The van der Waals surface area contributed by atoms with Gasteiger partial charge >= 0.3 is 0 Å². The summed E-state index contributed by atoms with van der Waals surface area (Å²) in [6, 6.07) is 11.8. The molecule has 3 rings (SSSR count). The van der Waals surface area contributed by atoms with Crippen molar-refractivity contribution < 1.29 is 24.2 Å². The zero-order valence-corrected chi connectivity index (χ0v) is 16.1. The lowest BCUT2D eigenvalue weighted by Gasteiger charge is -2.12. The number of hydrogen-bond acceptors (Lipinski definition) is 7. The van der Waals surface area contributed by atoms with Gasteiger partial charge in [0.25, 0.3) is 0 Å². The first-order valence-electron chi connectivity index (χ1n) is 8.29. The van der Waals surface area contributed by atoms with Gasteiger partial charge in [0.1, 0.15) is 0 Å². The van der Waals surface area contributed by atoms with E-state index >= 15 is 0 Å². The molecule has 0 aliphatic carbocycles. The molecule has 0 amide bonds. The minimum absolute atomic E-state index is 0.674. The van der Waals surface area contributed by atoms with Crippen LogP contribution in [0.1, 0.15) is 11.3 Å². The highest BCUT2D eigenvalue weighted by Crippen LogP contribution is 2.34. The van der Waals surface area contributed by atoms with Crippen molar-refractivity contribution in [2.24, 2.45) is 5.34 Å². The molecule has 1 heterocycles. The molecule has 0 fully saturated rings. The Morgan fingerprint density at radius 1 is 0.857 bits per heavy atom. The fraction of sp³-hybridized carbons (Fsp3) is 0.250. The predicted molar refractivity (Wildman–Crippen MR) is 105 cm³/mol. The van der Waals surface area contributed by atoms with Gasteiger partial charge in [-0.3, -0.25) is 4.98 Å². The Morgan fingerprint density at radius 2 is 1.43 bits per heavy atom. The number of nitrogens with zero attached hydrogens (tertiary/aromatic N) is 2. The van der Waals surface area contributed by atoms with Gasteiger partial charge in [0, 0.05) is 18.0 Å². The number of fused-ring (bicyclic) bond motifs is 1. The summed E-state index contributed by atoms with van der Waals surface area (Å²) in [5.74, 6) is 2.82. The first-order valence-corrected chi connectivity index (χ1v) is 8.29. The number of rotatable bonds is 6. The van der Waals surface area contributed by atoms with Crippen LogP contribution in [0.5, 0.6) is 23.0 Å². The van der Waals surface area contributed by atoms with Gasteiger partial charge in [-0.25, -0.2) is 0 Å². The van der Waals surface area contributed by atoms with Crippen molar-refractivity contribution in [3.63, 3.8) is 0 Å². The van der Waals surface area contributed by atoms with E-state index in [0.29, 0.717) is 29.4 Å². The molecule has 3 aromatic rings. The standard InChI is InChI=1S/C20H21NO4.HNO2/c1-22-17-6-5-13(10-18(17)23-2)9-16-15-12-20(25-4)19(24-3)11-14(15)7-8-21-16;2-1-3/h5-8,10-12H,9H2,1-4H3;(H,2,3). The van der Waals surface area contributed by atoms with Crippen LogP contribution in [0.2, 0.25) is 0 Å². The topological polar surface area (TPSA) is 99.5 Å². The molecule has 0 atom stereocenters. The first kappa shape index (κ1) is 20.8. The van der Waals surface area contributed by atoms with Crippen LogP contribution in [0.3, 0.4) is 0 Å². The second-order valence-corrected chi connectivity index (χ2v) is 5.63. The maximum atomic E-state index is 8.11. The smallest absolute Gasteiger partial charge is 0.161 e. The quantitative estimate of drug-likeness (QED) is 0.505. The van der Waals surface area contributed by atoms with E-state index < -0.39 is 0 Å². The van der Waals surface area contributed by atoms with Crippen LogP contribution in [-0.2, 0) is 6.42 Å². The van der Waals surface area contributed by atoms with E-state index in [4.69, 9.17) is 29.1 Å². The Bertz CT molecular complexity index is 945. The number of methoxy groups -OCH3 is 4. The Hall–Kier alpha value is -3.55. The van der Waals surface area contributed by atoms with Gasteiger partial charge in [0.05, 0.1) is 34.1 Å². The first-order chi connectivity index (χ1) is 13.6. The molecular formula is C20H22N2O6. The number of benzene rings is 2. The van der Waals surface area contributed by atoms with Crippen molar-refractivity contribution in [3.05, 3.63) is 58.8 Å². The largest absolute Gasteiger partial charge is 0.493 e. The maximum Gasteiger partial charge on any atom is 0.161 e. The molecule has 1 aromatic heterocycles. The lowest BCUT2D eigenvalue weighted by molar-refractivity contribution is 0.312. The van der Waals surface area contributed by atoms with Gasteiger partial charge < -0.3 is 24.2 Å². The van der Waals surface area contributed by atoms with Crippen LogP contribution in [0, 0.1) is 4.91 Å². The minimum atomic E-state index is 0.674. The van der Waals surface area contributed by atoms with Crippen LogP contribution in [-0.4, -0.2) is 38.6 Å². The van der Waals surface area contributed by atoms with Crippen molar-refractivity contribution in [3.8, 4) is 23.0 Å². The van der Waals surface area contributed by atoms with E-state index in [9.17, 15) is 0 Å². The third-order valence-electron chi connectivity index (χ3n) is 4.17. The highest BCUT2D eigenvalue weighted by Gasteiger charge is 2.11. The number of ether oxygens (including phenoxy) is 4. The zero-order valence-electron chi connectivity index (χ0n) is 16.1. The predicted octanol–water partition coefficient (Wildman–Crippen LogP) is 4.00. The Morgan fingerprint density at radius 3 is 2.04 bits per heavy atom. The van der Waals surface area contributed by atoms with Crippen LogP contribution >= 0.6 is 0 Å². The molecule has 0 aliphatic rings. The zero-order chi connectivity index (χ0) is 20.5. The van der Waals surface area contributed by atoms with Crippen LogP contribution in [0.4, 0.5) is 0 Å². The molecule has 1 N–H and O–H groups in total. The van der Waals surface area contributed by atoms with Crippen molar-refractivity contribution in [2.45, 2.75) is 6.42 Å². The molecule has 8 nitrogen and oxygen atoms in total. The summed E-state index contributed by atoms with van der Waals surface area (Å²) in [4.78, 5) is 12.7. The lowest BCUT2D eigenvalue weighted by Crippen LogP contribution is -1.97. The van der Waals surface area contributed by atoms with E-state index in [1.165, 1.54) is 5.34 Å². The molecule has 0 bridgehead atoms. The summed E-state index contributed by atoms with van der Waals surface area (Å²) >= 11 is 0. The molecule has 0 unspecified atom stereocenters. The third-order valence-corrected chi connectivity index (χ3v) is 4.17. The lowest BCUT2D eigenvalue weighted by atomic mass is 10.0. The molecule has 0 radical (unpaired) electrons. The summed E-state index contributed by atoms with van der Waals surface area (Å²) in [7, 11) is 6.53. The van der Waals surface area contributed by atoms with E-state index in [1.807, 2.05) is 42.6 Å². The Kier molecular flexibility index (Phi) is 7.38. The number of aromatic nitrogens is 1. The van der Waals surface area contributed by atoms with E-state index in [-0.39, 0.29) is 0 Å². The highest BCUT2D eigenvalue weighted by molar-refractivity contribution is 5.88. The van der Waals surface area contributed by atoms with Crippen LogP contribution in [0.15, 0.2) is 47.9 Å². The summed E-state index contributed by atoms with van der Waals surface area (Å²) < 4.78 is 21.5. The van der Waals surface area contributed by atoms with Gasteiger partial charge in [-0.15, -0.1) is 4.91 Å². The summed E-state index contributed by atoms with van der Waals surface area (Å²) in [5.41, 5.74) is 2.05. The van der Waals surface area contributed by atoms with E-state index in [1.54, 1.807) is 28.4 Å². The van der Waals surface area contributed by atoms with Gasteiger partial charge in [-0.1, -0.05) is 6.07 Å². The van der Waals surface area contributed by atoms with Gasteiger partial charge in [-0.05, 0) is 41.3 Å². The molecule has 0 saturated heterocycles. The molecule has 148 valence electrons. The van der Waals surface area contributed by atoms with Crippen molar-refractivity contribution in [1.29, 1.82) is 0 Å². The Balaban J connectivity index is 0.000000878. The van der Waals surface area contributed by atoms with Gasteiger partial charge in [-0.2, -0.15) is 0 Å². The number of hydrogen-bond donors (Lipinski definition) is 1. The molecule has 0 aliphatic heterocycles. The molecule has 2 aromatic carbocycles. The van der Waals surface area contributed by atoms with E-state index in [2.05, 4.69) is 4.98 Å². The van der Waals surface area contributed by atoms with Gasteiger partial charge in [0.15, 0.2) is 28.3 Å². The average molecular weight is 386 g/mol. The molecule has 28 heavy (non-hydrogen) atoms. The summed E-state index contributed by atoms with van der Waals surface area (Å²) in [6.45, 7) is 0. The Labute approximate surface area is 162 Å². The fourth-order valence-corrected chi connectivity index (χ4v) is 2.88. The normalized spacial score (nSPS) is 9.86. The average Bonchev–Trinajstić information content (AvgIpc) is 2.73. The SMILES string of the molecule is COc1ccc(Cc2nccc3cc(OC)c(OC)cc23)cc1OC.O=NO. The number of pyridine rings is 1. The van der Waals surface area contributed by atoms with Crippen molar-refractivity contribution in [1.82, 2.24) is 4.98 Å².